The molecule has 2 aromatic rings. The number of halogens is 1. The third-order valence-electron chi connectivity index (χ3n) is 5.14. The number of benzene rings is 2. The number of carbonyl (C=O) groups is 3. The number of nitrogens with zero attached hydrogens (tertiary/aromatic N) is 1. The van der Waals surface area contributed by atoms with Crippen LogP contribution in [0.1, 0.15) is 53.3 Å². The van der Waals surface area contributed by atoms with Crippen LogP contribution in [0.15, 0.2) is 53.0 Å². The Labute approximate surface area is 185 Å². The fourth-order valence-electron chi connectivity index (χ4n) is 3.46. The SMILES string of the molecule is CCCCNC(=O)[C@H]1CCCN1C(=O)c1ccc(NC(=O)c2ccc(Br)cc2)cc1. The number of amides is 3. The predicted molar refractivity (Wildman–Crippen MR) is 121 cm³/mol. The normalized spacial score (nSPS) is 15.7. The first-order valence-electron chi connectivity index (χ1n) is 10.2. The van der Waals surface area contributed by atoms with Crippen molar-refractivity contribution in [1.29, 1.82) is 0 Å². The summed E-state index contributed by atoms with van der Waals surface area (Å²) in [6, 6.07) is 13.4. The van der Waals surface area contributed by atoms with Crippen molar-refractivity contribution in [3.05, 3.63) is 64.1 Å². The maximum atomic E-state index is 12.9. The Bertz CT molecular complexity index is 897. The van der Waals surface area contributed by atoms with Gasteiger partial charge in [-0.1, -0.05) is 29.3 Å². The summed E-state index contributed by atoms with van der Waals surface area (Å²) in [4.78, 5) is 39.4. The van der Waals surface area contributed by atoms with Gasteiger partial charge in [-0.15, -0.1) is 0 Å². The average molecular weight is 472 g/mol. The molecule has 0 saturated carbocycles. The number of unbranched alkanes of at least 4 members (excludes halogenated alkanes) is 1. The summed E-state index contributed by atoms with van der Waals surface area (Å²) >= 11 is 3.35. The molecule has 3 rings (SSSR count). The van der Waals surface area contributed by atoms with Crippen LogP contribution in [-0.4, -0.2) is 41.8 Å². The van der Waals surface area contributed by atoms with Gasteiger partial charge in [-0.2, -0.15) is 0 Å². The molecule has 0 radical (unpaired) electrons. The zero-order valence-corrected chi connectivity index (χ0v) is 18.6. The van der Waals surface area contributed by atoms with Gasteiger partial charge in [0.05, 0.1) is 0 Å². The van der Waals surface area contributed by atoms with Crippen molar-refractivity contribution in [2.75, 3.05) is 18.4 Å². The molecule has 1 aliphatic heterocycles. The van der Waals surface area contributed by atoms with Gasteiger partial charge < -0.3 is 15.5 Å². The Hall–Kier alpha value is -2.67. The Kier molecular flexibility index (Phi) is 7.63. The van der Waals surface area contributed by atoms with Crippen LogP contribution in [0, 0.1) is 0 Å². The van der Waals surface area contributed by atoms with Gasteiger partial charge in [0.15, 0.2) is 0 Å². The summed E-state index contributed by atoms with van der Waals surface area (Å²) < 4.78 is 0.904. The van der Waals surface area contributed by atoms with Crippen molar-refractivity contribution in [3.63, 3.8) is 0 Å². The van der Waals surface area contributed by atoms with Crippen LogP contribution in [0.25, 0.3) is 0 Å². The van der Waals surface area contributed by atoms with Gasteiger partial charge in [-0.05, 0) is 67.8 Å². The van der Waals surface area contributed by atoms with Crippen molar-refractivity contribution >= 4 is 39.3 Å². The number of anilines is 1. The molecular weight excluding hydrogens is 446 g/mol. The lowest BCUT2D eigenvalue weighted by Crippen LogP contribution is -2.46. The van der Waals surface area contributed by atoms with E-state index in [9.17, 15) is 14.4 Å². The minimum absolute atomic E-state index is 0.0762. The van der Waals surface area contributed by atoms with Crippen molar-refractivity contribution in [2.45, 2.75) is 38.6 Å². The summed E-state index contributed by atoms with van der Waals surface area (Å²) in [5.41, 5.74) is 1.66. The summed E-state index contributed by atoms with van der Waals surface area (Å²) in [6.07, 6.45) is 3.45. The van der Waals surface area contributed by atoms with Gasteiger partial charge in [0.1, 0.15) is 6.04 Å². The molecule has 2 aromatic carbocycles. The number of hydrogen-bond acceptors (Lipinski definition) is 3. The first-order valence-corrected chi connectivity index (χ1v) is 11.0. The molecule has 3 amide bonds. The van der Waals surface area contributed by atoms with Gasteiger partial charge in [-0.25, -0.2) is 0 Å². The molecule has 1 saturated heterocycles. The number of rotatable bonds is 7. The standard InChI is InChI=1S/C23H26BrN3O3/c1-2-3-14-25-22(29)20-5-4-15-27(20)23(30)17-8-12-19(13-9-17)26-21(28)16-6-10-18(24)11-7-16/h6-13,20H,2-5,14-15H2,1H3,(H,25,29)(H,26,28)/t20-/m1/s1. The Morgan fingerprint density at radius 3 is 2.37 bits per heavy atom. The molecule has 30 heavy (non-hydrogen) atoms. The highest BCUT2D eigenvalue weighted by molar-refractivity contribution is 9.10. The molecule has 1 fully saturated rings. The van der Waals surface area contributed by atoms with E-state index in [0.717, 1.165) is 23.7 Å². The minimum atomic E-state index is -0.411. The van der Waals surface area contributed by atoms with E-state index in [1.165, 1.54) is 0 Å². The molecule has 0 spiro atoms. The molecule has 0 aliphatic carbocycles. The fraction of sp³-hybridized carbons (Fsp3) is 0.348. The molecule has 7 heteroatoms. The molecule has 1 atom stereocenters. The average Bonchev–Trinajstić information content (AvgIpc) is 3.24. The highest BCUT2D eigenvalue weighted by Crippen LogP contribution is 2.21. The third kappa shape index (κ3) is 5.48. The van der Waals surface area contributed by atoms with E-state index in [4.69, 9.17) is 0 Å². The number of likely N-dealkylation sites (tertiary alicyclic amines) is 1. The van der Waals surface area contributed by atoms with Crippen LogP contribution >= 0.6 is 15.9 Å². The van der Waals surface area contributed by atoms with E-state index in [0.29, 0.717) is 36.3 Å². The largest absolute Gasteiger partial charge is 0.354 e. The lowest BCUT2D eigenvalue weighted by atomic mass is 10.1. The smallest absolute Gasteiger partial charge is 0.255 e. The lowest BCUT2D eigenvalue weighted by Gasteiger charge is -2.24. The first kappa shape index (κ1) is 22.0. The van der Waals surface area contributed by atoms with Crippen LogP contribution in [0.3, 0.4) is 0 Å². The van der Waals surface area contributed by atoms with Crippen molar-refractivity contribution < 1.29 is 14.4 Å². The second-order valence-corrected chi connectivity index (χ2v) is 8.26. The maximum Gasteiger partial charge on any atom is 0.255 e. The van der Waals surface area contributed by atoms with E-state index in [-0.39, 0.29) is 17.7 Å². The second kappa shape index (κ2) is 10.4. The van der Waals surface area contributed by atoms with Gasteiger partial charge in [-0.3, -0.25) is 14.4 Å². The van der Waals surface area contributed by atoms with Gasteiger partial charge >= 0.3 is 0 Å². The monoisotopic (exact) mass is 471 g/mol. The second-order valence-electron chi connectivity index (χ2n) is 7.34. The van der Waals surface area contributed by atoms with Gasteiger partial charge in [0.2, 0.25) is 5.91 Å². The van der Waals surface area contributed by atoms with E-state index >= 15 is 0 Å². The Balaban J connectivity index is 1.62. The molecular formula is C23H26BrN3O3. The summed E-state index contributed by atoms with van der Waals surface area (Å²) in [6.45, 7) is 3.29. The molecule has 0 bridgehead atoms. The Morgan fingerprint density at radius 1 is 1.03 bits per heavy atom. The summed E-state index contributed by atoms with van der Waals surface area (Å²) in [7, 11) is 0. The van der Waals surface area contributed by atoms with Gasteiger partial charge in [0, 0.05) is 34.4 Å². The maximum absolute atomic E-state index is 12.9. The summed E-state index contributed by atoms with van der Waals surface area (Å²) in [5.74, 6) is -0.452. The van der Waals surface area contributed by atoms with Crippen LogP contribution < -0.4 is 10.6 Å². The van der Waals surface area contributed by atoms with Crippen molar-refractivity contribution in [2.24, 2.45) is 0 Å². The van der Waals surface area contributed by atoms with Crippen LogP contribution in [0.4, 0.5) is 5.69 Å². The summed E-state index contributed by atoms with van der Waals surface area (Å²) in [5, 5.41) is 5.75. The van der Waals surface area contributed by atoms with Crippen molar-refractivity contribution in [1.82, 2.24) is 10.2 Å². The number of hydrogen-bond donors (Lipinski definition) is 2. The zero-order valence-electron chi connectivity index (χ0n) is 17.0. The molecule has 0 unspecified atom stereocenters. The van der Waals surface area contributed by atoms with Crippen LogP contribution in [0.5, 0.6) is 0 Å². The number of nitrogens with one attached hydrogen (secondary N) is 2. The first-order chi connectivity index (χ1) is 14.5. The molecule has 1 aliphatic rings. The van der Waals surface area contributed by atoms with Gasteiger partial charge in [0.25, 0.3) is 11.8 Å². The topological polar surface area (TPSA) is 78.5 Å². The van der Waals surface area contributed by atoms with Crippen LogP contribution in [-0.2, 0) is 4.79 Å². The molecule has 0 aromatic heterocycles. The highest BCUT2D eigenvalue weighted by Gasteiger charge is 2.34. The molecule has 158 valence electrons. The highest BCUT2D eigenvalue weighted by atomic mass is 79.9. The van der Waals surface area contributed by atoms with E-state index < -0.39 is 6.04 Å². The van der Waals surface area contributed by atoms with E-state index in [2.05, 4.69) is 33.5 Å². The number of carbonyl (C=O) groups excluding carboxylic acids is 3. The van der Waals surface area contributed by atoms with E-state index in [1.807, 2.05) is 12.1 Å². The lowest BCUT2D eigenvalue weighted by molar-refractivity contribution is -0.124. The van der Waals surface area contributed by atoms with E-state index in [1.54, 1.807) is 41.3 Å². The molecule has 2 N–H and O–H groups in total. The predicted octanol–water partition coefficient (Wildman–Crippen LogP) is 4.22. The van der Waals surface area contributed by atoms with Crippen LogP contribution in [0.2, 0.25) is 0 Å². The quantitative estimate of drug-likeness (QED) is 0.593. The Morgan fingerprint density at radius 2 is 1.70 bits per heavy atom. The zero-order chi connectivity index (χ0) is 21.5. The third-order valence-corrected chi connectivity index (χ3v) is 5.67. The molecule has 1 heterocycles. The fourth-order valence-corrected chi connectivity index (χ4v) is 3.72. The minimum Gasteiger partial charge on any atom is -0.354 e. The molecule has 6 nitrogen and oxygen atoms in total. The van der Waals surface area contributed by atoms with Crippen molar-refractivity contribution in [3.8, 4) is 0 Å².